The SMILES string of the molecule is CCCCCCOc1ccc([C@@H]2c3c(oc4ccccc4c3=O)C(=O)N2c2ccc(Cl)cn2)cc1. The van der Waals surface area contributed by atoms with Gasteiger partial charge in [-0.1, -0.05) is 62.1 Å². The lowest BCUT2D eigenvalue weighted by atomic mass is 9.98. The number of benzene rings is 2. The molecule has 2 aromatic carbocycles. The molecule has 1 aliphatic rings. The summed E-state index contributed by atoms with van der Waals surface area (Å²) < 4.78 is 11.8. The highest BCUT2D eigenvalue weighted by atomic mass is 35.5. The predicted octanol–water partition coefficient (Wildman–Crippen LogP) is 6.55. The van der Waals surface area contributed by atoms with Gasteiger partial charge in [0.1, 0.15) is 17.2 Å². The molecule has 178 valence electrons. The fourth-order valence-corrected chi connectivity index (χ4v) is 4.56. The lowest BCUT2D eigenvalue weighted by Crippen LogP contribution is -2.30. The molecular formula is C28H25ClN2O4. The number of anilines is 1. The molecule has 0 spiro atoms. The molecule has 0 bridgehead atoms. The molecule has 0 aliphatic carbocycles. The number of unbranched alkanes of at least 4 members (excludes halogenated alkanes) is 3. The van der Waals surface area contributed by atoms with E-state index in [1.54, 1.807) is 36.4 Å². The highest BCUT2D eigenvalue weighted by Crippen LogP contribution is 2.41. The minimum Gasteiger partial charge on any atom is -0.494 e. The Kier molecular flexibility index (Phi) is 6.55. The number of carbonyl (C=O) groups excluding carboxylic acids is 1. The van der Waals surface area contributed by atoms with Crippen molar-refractivity contribution >= 4 is 34.3 Å². The molecule has 0 unspecified atom stereocenters. The summed E-state index contributed by atoms with van der Waals surface area (Å²) in [6, 6.07) is 17.1. The summed E-state index contributed by atoms with van der Waals surface area (Å²) in [4.78, 5) is 33.0. The molecule has 0 radical (unpaired) electrons. The molecule has 7 heteroatoms. The van der Waals surface area contributed by atoms with Crippen molar-refractivity contribution < 1.29 is 13.9 Å². The monoisotopic (exact) mass is 488 g/mol. The Morgan fingerprint density at radius 2 is 1.80 bits per heavy atom. The molecule has 1 aliphatic heterocycles. The van der Waals surface area contributed by atoms with Crippen LogP contribution in [0.15, 0.2) is 76.1 Å². The van der Waals surface area contributed by atoms with Gasteiger partial charge in [-0.3, -0.25) is 14.5 Å². The number of para-hydroxylation sites is 1. The summed E-state index contributed by atoms with van der Waals surface area (Å²) in [5.41, 5.74) is 1.21. The molecular weight excluding hydrogens is 464 g/mol. The molecule has 6 nitrogen and oxygen atoms in total. The maximum atomic E-state index is 13.6. The summed E-state index contributed by atoms with van der Waals surface area (Å²) in [5, 5.41) is 0.886. The van der Waals surface area contributed by atoms with Crippen molar-refractivity contribution in [2.45, 2.75) is 38.6 Å². The second-order valence-electron chi connectivity index (χ2n) is 8.56. The zero-order chi connectivity index (χ0) is 24.4. The van der Waals surface area contributed by atoms with Crippen LogP contribution in [0.2, 0.25) is 5.02 Å². The molecule has 0 N–H and O–H groups in total. The molecule has 0 saturated carbocycles. The van der Waals surface area contributed by atoms with Crippen molar-refractivity contribution in [3.63, 3.8) is 0 Å². The first-order chi connectivity index (χ1) is 17.1. The highest BCUT2D eigenvalue weighted by molar-refractivity contribution is 6.30. The van der Waals surface area contributed by atoms with E-state index < -0.39 is 11.9 Å². The normalized spacial score (nSPS) is 15.0. The maximum absolute atomic E-state index is 13.6. The van der Waals surface area contributed by atoms with Crippen LogP contribution in [-0.2, 0) is 0 Å². The molecule has 0 fully saturated rings. The summed E-state index contributed by atoms with van der Waals surface area (Å²) in [6.45, 7) is 2.83. The van der Waals surface area contributed by atoms with E-state index in [0.29, 0.717) is 34.0 Å². The number of hydrogen-bond donors (Lipinski definition) is 0. The Labute approximate surface area is 208 Å². The van der Waals surface area contributed by atoms with Gasteiger partial charge in [-0.15, -0.1) is 0 Å². The van der Waals surface area contributed by atoms with Crippen molar-refractivity contribution in [3.8, 4) is 5.75 Å². The smallest absolute Gasteiger partial charge is 0.296 e. The van der Waals surface area contributed by atoms with E-state index in [2.05, 4.69) is 11.9 Å². The zero-order valence-electron chi connectivity index (χ0n) is 19.4. The third-order valence-electron chi connectivity index (χ3n) is 6.20. The molecule has 1 amide bonds. The van der Waals surface area contributed by atoms with Gasteiger partial charge in [0.2, 0.25) is 5.76 Å². The van der Waals surface area contributed by atoms with Crippen LogP contribution in [0.3, 0.4) is 0 Å². The van der Waals surface area contributed by atoms with E-state index in [4.69, 9.17) is 20.8 Å². The number of hydrogen-bond acceptors (Lipinski definition) is 5. The highest BCUT2D eigenvalue weighted by Gasteiger charge is 2.44. The van der Waals surface area contributed by atoms with Gasteiger partial charge in [-0.25, -0.2) is 4.98 Å². The van der Waals surface area contributed by atoms with Gasteiger partial charge in [-0.05, 0) is 48.4 Å². The van der Waals surface area contributed by atoms with Crippen LogP contribution in [0.25, 0.3) is 11.0 Å². The lowest BCUT2D eigenvalue weighted by Gasteiger charge is -2.24. The van der Waals surface area contributed by atoms with Gasteiger partial charge >= 0.3 is 0 Å². The number of rotatable bonds is 8. The number of ether oxygens (including phenoxy) is 1. The third-order valence-corrected chi connectivity index (χ3v) is 6.42. The van der Waals surface area contributed by atoms with Gasteiger partial charge in [0.25, 0.3) is 5.91 Å². The molecule has 35 heavy (non-hydrogen) atoms. The quantitative estimate of drug-likeness (QED) is 0.263. The van der Waals surface area contributed by atoms with E-state index in [1.165, 1.54) is 23.9 Å². The van der Waals surface area contributed by atoms with Gasteiger partial charge in [0.05, 0.1) is 28.6 Å². The summed E-state index contributed by atoms with van der Waals surface area (Å²) in [6.07, 6.45) is 6.00. The van der Waals surface area contributed by atoms with Crippen LogP contribution in [0.1, 0.15) is 60.3 Å². The van der Waals surface area contributed by atoms with Gasteiger partial charge < -0.3 is 9.15 Å². The fraction of sp³-hybridized carbons (Fsp3) is 0.250. The molecule has 3 heterocycles. The average Bonchev–Trinajstić information content (AvgIpc) is 3.17. The van der Waals surface area contributed by atoms with Gasteiger partial charge in [0.15, 0.2) is 5.43 Å². The fourth-order valence-electron chi connectivity index (χ4n) is 4.45. The molecule has 1 atom stereocenters. The van der Waals surface area contributed by atoms with Crippen LogP contribution in [0.4, 0.5) is 5.82 Å². The topological polar surface area (TPSA) is 72.6 Å². The largest absolute Gasteiger partial charge is 0.494 e. The molecule has 0 saturated heterocycles. The Bertz CT molecular complexity index is 1410. The van der Waals surface area contributed by atoms with E-state index in [9.17, 15) is 9.59 Å². The average molecular weight is 489 g/mol. The first kappa shape index (κ1) is 23.1. The van der Waals surface area contributed by atoms with Gasteiger partial charge in [0, 0.05) is 6.20 Å². The Hall–Kier alpha value is -3.64. The van der Waals surface area contributed by atoms with Gasteiger partial charge in [-0.2, -0.15) is 0 Å². The standard InChI is InChI=1S/C28H25ClN2O4/c1-2-3-4-7-16-34-20-13-10-18(11-14-20)25-24-26(32)21-8-5-6-9-22(21)35-27(24)28(33)31(25)23-15-12-19(29)17-30-23/h5-6,8-15,17,25H,2-4,7,16H2,1H3/t25-/m1/s1. The number of nitrogens with zero attached hydrogens (tertiary/aromatic N) is 2. The lowest BCUT2D eigenvalue weighted by molar-refractivity contribution is 0.0970. The second-order valence-corrected chi connectivity index (χ2v) is 9.00. The van der Waals surface area contributed by atoms with Crippen LogP contribution in [0.5, 0.6) is 5.75 Å². The summed E-state index contributed by atoms with van der Waals surface area (Å²) in [7, 11) is 0. The van der Waals surface area contributed by atoms with Crippen LogP contribution < -0.4 is 15.1 Å². The number of amides is 1. The Morgan fingerprint density at radius 3 is 2.54 bits per heavy atom. The molecule has 4 aromatic rings. The second kappa shape index (κ2) is 9.92. The van der Waals surface area contributed by atoms with E-state index in [1.807, 2.05) is 24.3 Å². The number of fused-ring (bicyclic) bond motifs is 2. The van der Waals surface area contributed by atoms with Crippen LogP contribution in [0, 0.1) is 0 Å². The van der Waals surface area contributed by atoms with Crippen molar-refractivity contribution in [1.29, 1.82) is 0 Å². The number of carbonyl (C=O) groups is 1. The number of aromatic nitrogens is 1. The number of halogens is 1. The molecule has 5 rings (SSSR count). The van der Waals surface area contributed by atoms with Crippen molar-refractivity contribution in [2.75, 3.05) is 11.5 Å². The minimum absolute atomic E-state index is 0.0340. The Balaban J connectivity index is 1.55. The van der Waals surface area contributed by atoms with E-state index in [-0.39, 0.29) is 11.2 Å². The maximum Gasteiger partial charge on any atom is 0.296 e. The van der Waals surface area contributed by atoms with Crippen molar-refractivity contribution in [1.82, 2.24) is 4.98 Å². The predicted molar refractivity (Wildman–Crippen MR) is 136 cm³/mol. The first-order valence-electron chi connectivity index (χ1n) is 11.8. The summed E-state index contributed by atoms with van der Waals surface area (Å²) >= 11 is 6.03. The minimum atomic E-state index is -0.689. The van der Waals surface area contributed by atoms with E-state index >= 15 is 0 Å². The van der Waals surface area contributed by atoms with Crippen molar-refractivity contribution in [2.24, 2.45) is 0 Å². The van der Waals surface area contributed by atoms with Crippen molar-refractivity contribution in [3.05, 3.63) is 99.0 Å². The summed E-state index contributed by atoms with van der Waals surface area (Å²) in [5.74, 6) is 0.748. The Morgan fingerprint density at radius 1 is 1.00 bits per heavy atom. The van der Waals surface area contributed by atoms with Crippen LogP contribution >= 0.6 is 11.6 Å². The zero-order valence-corrected chi connectivity index (χ0v) is 20.1. The first-order valence-corrected chi connectivity index (χ1v) is 12.2. The number of pyridine rings is 1. The van der Waals surface area contributed by atoms with Crippen LogP contribution in [-0.4, -0.2) is 17.5 Å². The molecule has 2 aromatic heterocycles. The third kappa shape index (κ3) is 4.42. The van der Waals surface area contributed by atoms with E-state index in [0.717, 1.165) is 24.2 Å².